The molecule has 2 amide bonds. The summed E-state index contributed by atoms with van der Waals surface area (Å²) < 4.78 is 0. The summed E-state index contributed by atoms with van der Waals surface area (Å²) in [5, 5.41) is 9.18. The normalized spacial score (nSPS) is 22.1. The van der Waals surface area contributed by atoms with Crippen LogP contribution in [0.15, 0.2) is 36.8 Å². The number of pyridine rings is 1. The molecule has 2 aromatic heterocycles. The molecule has 2 saturated heterocycles. The first kappa shape index (κ1) is 18.5. The molecule has 1 spiro atoms. The lowest BCUT2D eigenvalue weighted by atomic mass is 9.78. The Morgan fingerprint density at radius 1 is 1.14 bits per heavy atom. The third-order valence-corrected chi connectivity index (χ3v) is 5.63. The summed E-state index contributed by atoms with van der Waals surface area (Å²) in [7, 11) is 0. The Morgan fingerprint density at radius 3 is 2.68 bits per heavy atom. The van der Waals surface area contributed by atoms with Crippen LogP contribution in [-0.2, 0) is 4.79 Å². The van der Waals surface area contributed by atoms with E-state index in [1.54, 1.807) is 16.0 Å². The van der Waals surface area contributed by atoms with E-state index in [4.69, 9.17) is 0 Å². The number of piperidine rings is 1. The maximum atomic E-state index is 12.9. The van der Waals surface area contributed by atoms with E-state index in [9.17, 15) is 14.7 Å². The van der Waals surface area contributed by atoms with Crippen LogP contribution in [0.2, 0.25) is 0 Å². The number of hydrogen-bond acceptors (Lipinski definition) is 6. The molecule has 4 rings (SSSR count). The second-order valence-corrected chi connectivity index (χ2v) is 7.39. The average Bonchev–Trinajstić information content (AvgIpc) is 3.17. The van der Waals surface area contributed by atoms with E-state index in [-0.39, 0.29) is 18.4 Å². The second-order valence-electron chi connectivity index (χ2n) is 7.39. The molecule has 0 radical (unpaired) electrons. The van der Waals surface area contributed by atoms with Crippen LogP contribution in [0, 0.1) is 5.41 Å². The number of nitrogens with zero attached hydrogens (tertiary/aromatic N) is 5. The van der Waals surface area contributed by atoms with Gasteiger partial charge in [-0.1, -0.05) is 6.07 Å². The summed E-state index contributed by atoms with van der Waals surface area (Å²) in [6.07, 6.45) is 7.05. The van der Waals surface area contributed by atoms with E-state index < -0.39 is 5.41 Å². The monoisotopic (exact) mass is 381 g/mol. The molecule has 2 aliphatic rings. The van der Waals surface area contributed by atoms with Gasteiger partial charge in [0.15, 0.2) is 5.82 Å². The molecule has 0 bridgehead atoms. The first-order valence-electron chi connectivity index (χ1n) is 9.56. The number of likely N-dealkylation sites (tertiary alicyclic amines) is 2. The van der Waals surface area contributed by atoms with Crippen LogP contribution in [0.3, 0.4) is 0 Å². The summed E-state index contributed by atoms with van der Waals surface area (Å²) in [6, 6.07) is 5.49. The van der Waals surface area contributed by atoms with Crippen molar-refractivity contribution in [3.8, 4) is 11.5 Å². The molecule has 8 nitrogen and oxygen atoms in total. The van der Waals surface area contributed by atoms with Crippen molar-refractivity contribution < 1.29 is 14.7 Å². The molecule has 146 valence electrons. The molecule has 4 heterocycles. The van der Waals surface area contributed by atoms with Gasteiger partial charge in [0.1, 0.15) is 5.69 Å². The third kappa shape index (κ3) is 3.35. The minimum atomic E-state index is -0.516. The fourth-order valence-corrected chi connectivity index (χ4v) is 4.16. The molecule has 2 aromatic rings. The fraction of sp³-hybridized carbons (Fsp3) is 0.450. The lowest BCUT2D eigenvalue weighted by Crippen LogP contribution is -2.51. The number of aliphatic hydroxyl groups is 1. The Hall–Kier alpha value is -2.87. The molecule has 1 unspecified atom stereocenters. The highest BCUT2D eigenvalue weighted by molar-refractivity contribution is 5.95. The van der Waals surface area contributed by atoms with E-state index in [1.807, 2.05) is 18.2 Å². The number of aromatic nitrogens is 3. The highest BCUT2D eigenvalue weighted by Gasteiger charge is 2.49. The predicted molar refractivity (Wildman–Crippen MR) is 101 cm³/mol. The zero-order valence-corrected chi connectivity index (χ0v) is 15.6. The second kappa shape index (κ2) is 7.63. The molecule has 0 saturated carbocycles. The topological polar surface area (TPSA) is 99.5 Å². The van der Waals surface area contributed by atoms with E-state index >= 15 is 0 Å². The molecule has 2 aliphatic heterocycles. The van der Waals surface area contributed by atoms with Crippen LogP contribution >= 0.6 is 0 Å². The smallest absolute Gasteiger partial charge is 0.257 e. The van der Waals surface area contributed by atoms with Gasteiger partial charge in [-0.15, -0.1) is 0 Å². The molecule has 2 fully saturated rings. The van der Waals surface area contributed by atoms with E-state index in [0.717, 1.165) is 12.8 Å². The van der Waals surface area contributed by atoms with Crippen LogP contribution in [-0.4, -0.2) is 74.5 Å². The van der Waals surface area contributed by atoms with Gasteiger partial charge in [0.25, 0.3) is 5.91 Å². The van der Waals surface area contributed by atoms with E-state index in [2.05, 4.69) is 15.0 Å². The van der Waals surface area contributed by atoms with E-state index in [1.165, 1.54) is 12.4 Å². The van der Waals surface area contributed by atoms with Gasteiger partial charge >= 0.3 is 0 Å². The number of amides is 2. The summed E-state index contributed by atoms with van der Waals surface area (Å²) in [5.41, 5.74) is 0.545. The van der Waals surface area contributed by atoms with Crippen LogP contribution in [0.4, 0.5) is 0 Å². The van der Waals surface area contributed by atoms with Gasteiger partial charge in [0.05, 0.1) is 17.6 Å². The first-order valence-corrected chi connectivity index (χ1v) is 9.56. The molecule has 28 heavy (non-hydrogen) atoms. The van der Waals surface area contributed by atoms with Crippen molar-refractivity contribution in [1.29, 1.82) is 0 Å². The van der Waals surface area contributed by atoms with Crippen LogP contribution in [0.5, 0.6) is 0 Å². The number of β-amino-alcohol motifs (C(OH)–C–C–N with tert-alkyl or cyclic N) is 1. The highest BCUT2D eigenvalue weighted by atomic mass is 16.3. The maximum absolute atomic E-state index is 12.9. The van der Waals surface area contributed by atoms with Gasteiger partial charge in [-0.25, -0.2) is 9.97 Å². The lowest BCUT2D eigenvalue weighted by Gasteiger charge is -2.39. The standard InChI is InChI=1S/C20H23N5O3/c26-11-10-24-8-3-5-20(19(24)28)6-9-25(14-20)18(27)15-12-22-17(23-13-15)16-4-1-2-7-21-16/h1-2,4,7,12-13,26H,3,5-6,8-11,14H2. The molecular formula is C20H23N5O3. The van der Waals surface area contributed by atoms with Gasteiger partial charge in [-0.05, 0) is 31.4 Å². The first-order chi connectivity index (χ1) is 13.6. The minimum absolute atomic E-state index is 0.0373. The number of carbonyl (C=O) groups excluding carboxylic acids is 2. The highest BCUT2D eigenvalue weighted by Crippen LogP contribution is 2.40. The molecule has 1 N–H and O–H groups in total. The Morgan fingerprint density at radius 2 is 1.96 bits per heavy atom. The molecular weight excluding hydrogens is 358 g/mol. The van der Waals surface area contributed by atoms with Gasteiger partial charge < -0.3 is 14.9 Å². The Labute approximate surface area is 163 Å². The largest absolute Gasteiger partial charge is 0.395 e. The van der Waals surface area contributed by atoms with Crippen molar-refractivity contribution >= 4 is 11.8 Å². The quantitative estimate of drug-likeness (QED) is 0.848. The van der Waals surface area contributed by atoms with Crippen LogP contribution < -0.4 is 0 Å². The van der Waals surface area contributed by atoms with Crippen molar-refractivity contribution in [2.24, 2.45) is 5.41 Å². The number of carbonyl (C=O) groups is 2. The van der Waals surface area contributed by atoms with E-state index in [0.29, 0.717) is 49.7 Å². The van der Waals surface area contributed by atoms with Crippen molar-refractivity contribution in [1.82, 2.24) is 24.8 Å². The van der Waals surface area contributed by atoms with Gasteiger partial charge in [-0.3, -0.25) is 14.6 Å². The van der Waals surface area contributed by atoms with Crippen molar-refractivity contribution in [2.45, 2.75) is 19.3 Å². The molecule has 0 aliphatic carbocycles. The zero-order chi connectivity index (χ0) is 19.6. The van der Waals surface area contributed by atoms with Crippen LogP contribution in [0.25, 0.3) is 11.5 Å². The Bertz CT molecular complexity index is 856. The zero-order valence-electron chi connectivity index (χ0n) is 15.6. The fourth-order valence-electron chi connectivity index (χ4n) is 4.16. The number of hydrogen-bond donors (Lipinski definition) is 1. The number of rotatable bonds is 4. The van der Waals surface area contributed by atoms with Crippen molar-refractivity contribution in [3.05, 3.63) is 42.4 Å². The Balaban J connectivity index is 1.47. The summed E-state index contributed by atoms with van der Waals surface area (Å²) in [4.78, 5) is 42.0. The average molecular weight is 381 g/mol. The summed E-state index contributed by atoms with van der Waals surface area (Å²) >= 11 is 0. The van der Waals surface area contributed by atoms with Gasteiger partial charge in [-0.2, -0.15) is 0 Å². The predicted octanol–water partition coefficient (Wildman–Crippen LogP) is 0.986. The number of aliphatic hydroxyl groups excluding tert-OH is 1. The van der Waals surface area contributed by atoms with Gasteiger partial charge in [0.2, 0.25) is 5.91 Å². The van der Waals surface area contributed by atoms with Crippen molar-refractivity contribution in [3.63, 3.8) is 0 Å². The lowest BCUT2D eigenvalue weighted by molar-refractivity contribution is -0.146. The van der Waals surface area contributed by atoms with Gasteiger partial charge in [0, 0.05) is 44.8 Å². The molecule has 8 heteroatoms. The molecule has 0 aromatic carbocycles. The van der Waals surface area contributed by atoms with Crippen molar-refractivity contribution in [2.75, 3.05) is 32.8 Å². The SMILES string of the molecule is O=C(c1cnc(-c2ccccn2)nc1)N1CCC2(CCCN(CCO)C2=O)C1. The minimum Gasteiger partial charge on any atom is -0.395 e. The third-order valence-electron chi connectivity index (χ3n) is 5.63. The summed E-state index contributed by atoms with van der Waals surface area (Å²) in [6.45, 7) is 1.95. The molecule has 1 atom stereocenters. The maximum Gasteiger partial charge on any atom is 0.257 e. The summed E-state index contributed by atoms with van der Waals surface area (Å²) in [5.74, 6) is 0.374. The van der Waals surface area contributed by atoms with Crippen LogP contribution in [0.1, 0.15) is 29.6 Å². The Kier molecular flexibility index (Phi) is 5.04.